The van der Waals surface area contributed by atoms with Gasteiger partial charge in [-0.3, -0.25) is 14.9 Å². The van der Waals surface area contributed by atoms with E-state index >= 15 is 0 Å². The minimum absolute atomic E-state index is 0.115. The van der Waals surface area contributed by atoms with Gasteiger partial charge in [-0.2, -0.15) is 0 Å². The lowest BCUT2D eigenvalue weighted by molar-refractivity contribution is -0.135. The number of amides is 3. The predicted molar refractivity (Wildman–Crippen MR) is 230 cm³/mol. The van der Waals surface area contributed by atoms with Crippen LogP contribution in [0.5, 0.6) is 0 Å². The van der Waals surface area contributed by atoms with Crippen molar-refractivity contribution in [3.05, 3.63) is 84.4 Å². The highest BCUT2D eigenvalue weighted by Crippen LogP contribution is 2.37. The van der Waals surface area contributed by atoms with E-state index in [1.54, 1.807) is 0 Å². The van der Waals surface area contributed by atoms with Crippen molar-refractivity contribution in [1.29, 1.82) is 0 Å². The number of hydrogen-bond acceptors (Lipinski definition) is 9. The molecule has 2 aliphatic heterocycles. The molecule has 2 aliphatic rings. The molecule has 60 heavy (non-hydrogen) atoms. The van der Waals surface area contributed by atoms with E-state index in [0.717, 1.165) is 80.2 Å². The third-order valence-corrected chi connectivity index (χ3v) is 12.1. The number of methoxy groups -OCH3 is 2. The van der Waals surface area contributed by atoms with Gasteiger partial charge in [0.05, 0.1) is 48.4 Å². The van der Waals surface area contributed by atoms with Crippen molar-refractivity contribution in [2.24, 2.45) is 11.8 Å². The van der Waals surface area contributed by atoms with E-state index in [4.69, 9.17) is 19.4 Å². The van der Waals surface area contributed by atoms with E-state index in [-0.39, 0.29) is 29.6 Å². The highest BCUT2D eigenvalue weighted by Gasteiger charge is 2.49. The van der Waals surface area contributed by atoms with Crippen LogP contribution in [0.3, 0.4) is 0 Å². The molecule has 14 heteroatoms. The van der Waals surface area contributed by atoms with Crippen molar-refractivity contribution in [3.63, 3.8) is 0 Å². The Morgan fingerprint density at radius 2 is 1.28 bits per heavy atom. The van der Waals surface area contributed by atoms with Crippen molar-refractivity contribution in [1.82, 2.24) is 40.8 Å². The number of likely N-dealkylation sites (tertiary alicyclic amines) is 1. The van der Waals surface area contributed by atoms with Crippen molar-refractivity contribution in [3.8, 4) is 22.3 Å². The van der Waals surface area contributed by atoms with E-state index in [1.807, 2.05) is 50.8 Å². The van der Waals surface area contributed by atoms with Gasteiger partial charge in [-0.25, -0.2) is 19.6 Å². The maximum Gasteiger partial charge on any atom is 0.407 e. The summed E-state index contributed by atoms with van der Waals surface area (Å²) in [4.78, 5) is 70.8. The lowest BCUT2D eigenvalue weighted by Crippen LogP contribution is -2.57. The lowest BCUT2D eigenvalue weighted by Gasteiger charge is -2.32. The molecule has 14 nitrogen and oxygen atoms in total. The third-order valence-electron chi connectivity index (χ3n) is 12.1. The van der Waals surface area contributed by atoms with Crippen LogP contribution in [0.4, 0.5) is 9.59 Å². The Hall–Kier alpha value is -6.28. The fourth-order valence-electron chi connectivity index (χ4n) is 8.82. The first-order valence-electron chi connectivity index (χ1n) is 20.7. The summed E-state index contributed by atoms with van der Waals surface area (Å²) < 4.78 is 9.62. The molecule has 2 fully saturated rings. The number of Topliss-reactive ketones (excluding diaryl/α,β-unsaturated/α-hetero) is 1. The number of nitrogens with one attached hydrogen (secondary N) is 5. The molecular formula is C46H52N8O6. The van der Waals surface area contributed by atoms with Crippen molar-refractivity contribution in [2.45, 2.75) is 77.0 Å². The standard InChI is InChI=1S/C46H52N8O6/c1-25(2)38(52-44(57)59-5)40(55)46(18-8-19-47-46)43-50-34-17-15-31(24-36(34)51-43)29-13-11-27-10-12-28(21-32(27)22-29)30-14-16-33-35(23-30)49-41(48-33)37-9-7-20-54(37)42(56)39(26(3)4)53-45(58)60-6/h10-17,21-26,37-39,47H,7-9,18-20H2,1-6H3,(H,48,49)(H,50,51)(H,52,57)(H,53,58)/t37-,38-,39-,46+/m0/s1. The SMILES string of the molecule is COC(=O)N[C@H](C(=O)N1CCC[C@H]1c1nc2ccc(-c3ccc4ccc(-c5ccc6nc([C@]7(C(=O)[C@@H](NC(=O)OC)C(C)C)CCCN7)[nH]c6c5)cc4c3)cc2[nH]1)C(C)C. The zero-order valence-corrected chi connectivity index (χ0v) is 34.8. The normalized spacial score (nSPS) is 19.0. The molecule has 3 amide bonds. The van der Waals surface area contributed by atoms with Crippen LogP contribution >= 0.6 is 0 Å². The van der Waals surface area contributed by atoms with Gasteiger partial charge in [0.15, 0.2) is 5.78 Å². The Morgan fingerprint density at radius 3 is 1.87 bits per heavy atom. The van der Waals surface area contributed by atoms with E-state index in [0.29, 0.717) is 25.3 Å². The summed E-state index contributed by atoms with van der Waals surface area (Å²) >= 11 is 0. The number of ketones is 1. The fraction of sp³-hybridized carbons (Fsp3) is 0.391. The van der Waals surface area contributed by atoms with Crippen molar-refractivity contribution < 1.29 is 28.7 Å². The molecular weight excluding hydrogens is 761 g/mol. The molecule has 6 aromatic rings. The molecule has 0 bridgehead atoms. The van der Waals surface area contributed by atoms with Crippen LogP contribution in [-0.2, 0) is 24.6 Å². The van der Waals surface area contributed by atoms with Crippen LogP contribution in [0.15, 0.2) is 72.8 Å². The van der Waals surface area contributed by atoms with Gasteiger partial charge >= 0.3 is 12.2 Å². The second kappa shape index (κ2) is 16.4. The second-order valence-electron chi connectivity index (χ2n) is 16.7. The maximum atomic E-state index is 14.2. The molecule has 4 aromatic carbocycles. The number of aromatic amines is 2. The van der Waals surface area contributed by atoms with E-state index in [2.05, 4.69) is 80.5 Å². The molecule has 5 N–H and O–H groups in total. The van der Waals surface area contributed by atoms with Crippen LogP contribution in [0.25, 0.3) is 55.1 Å². The molecule has 2 saturated heterocycles. The largest absolute Gasteiger partial charge is 0.453 e. The number of H-pyrrole nitrogens is 2. The highest BCUT2D eigenvalue weighted by atomic mass is 16.5. The first-order chi connectivity index (χ1) is 28.9. The zero-order valence-electron chi connectivity index (χ0n) is 34.8. The molecule has 4 atom stereocenters. The molecule has 312 valence electrons. The first kappa shape index (κ1) is 40.5. The van der Waals surface area contributed by atoms with Crippen molar-refractivity contribution in [2.75, 3.05) is 27.3 Å². The zero-order chi connectivity index (χ0) is 42.3. The number of alkyl carbamates (subject to hydrolysis) is 2. The number of imidazole rings is 2. The van der Waals surface area contributed by atoms with E-state index in [1.165, 1.54) is 14.2 Å². The Morgan fingerprint density at radius 1 is 0.717 bits per heavy atom. The average molecular weight is 813 g/mol. The Labute approximate surface area is 348 Å². The highest BCUT2D eigenvalue weighted by molar-refractivity contribution is 5.97. The monoisotopic (exact) mass is 812 g/mol. The maximum absolute atomic E-state index is 14.2. The Balaban J connectivity index is 1.05. The molecule has 0 spiro atoms. The fourth-order valence-corrected chi connectivity index (χ4v) is 8.82. The Bertz CT molecular complexity index is 2610. The van der Waals surface area contributed by atoms with Gasteiger partial charge in [-0.15, -0.1) is 0 Å². The summed E-state index contributed by atoms with van der Waals surface area (Å²) in [5.41, 5.74) is 6.33. The van der Waals surface area contributed by atoms with Gasteiger partial charge in [0.2, 0.25) is 5.91 Å². The summed E-state index contributed by atoms with van der Waals surface area (Å²) in [6.45, 7) is 8.86. The van der Waals surface area contributed by atoms with Gasteiger partial charge in [0, 0.05) is 6.54 Å². The molecule has 0 aliphatic carbocycles. The third kappa shape index (κ3) is 7.55. The molecule has 4 heterocycles. The molecule has 2 aromatic heterocycles. The van der Waals surface area contributed by atoms with Gasteiger partial charge in [0.25, 0.3) is 0 Å². The van der Waals surface area contributed by atoms with E-state index < -0.39 is 29.8 Å². The minimum Gasteiger partial charge on any atom is -0.453 e. The number of hydrogen-bond donors (Lipinski definition) is 5. The minimum atomic E-state index is -1.06. The van der Waals surface area contributed by atoms with Gasteiger partial charge < -0.3 is 35.0 Å². The topological polar surface area (TPSA) is 183 Å². The van der Waals surface area contributed by atoms with Gasteiger partial charge in [0.1, 0.15) is 23.2 Å². The summed E-state index contributed by atoms with van der Waals surface area (Å²) in [7, 11) is 2.58. The molecule has 8 rings (SSSR count). The van der Waals surface area contributed by atoms with Crippen LogP contribution in [0, 0.1) is 11.8 Å². The summed E-state index contributed by atoms with van der Waals surface area (Å²) in [6.07, 6.45) is 1.70. The number of ether oxygens (including phenoxy) is 2. The number of rotatable bonds is 11. The number of aromatic nitrogens is 4. The van der Waals surface area contributed by atoms with Crippen LogP contribution in [0.1, 0.15) is 71.1 Å². The second-order valence-corrected chi connectivity index (χ2v) is 16.7. The summed E-state index contributed by atoms with van der Waals surface area (Å²) in [5, 5.41) is 11.1. The van der Waals surface area contributed by atoms with Crippen molar-refractivity contribution >= 4 is 56.7 Å². The molecule has 0 saturated carbocycles. The van der Waals surface area contributed by atoms with Crippen LogP contribution in [0.2, 0.25) is 0 Å². The number of benzene rings is 4. The smallest absolute Gasteiger partial charge is 0.407 e. The number of fused-ring (bicyclic) bond motifs is 3. The first-order valence-corrected chi connectivity index (χ1v) is 20.7. The van der Waals surface area contributed by atoms with Crippen LogP contribution in [-0.4, -0.2) is 88.1 Å². The predicted octanol–water partition coefficient (Wildman–Crippen LogP) is 7.50. The molecule has 0 unspecified atom stereocenters. The Kier molecular flexibility index (Phi) is 11.1. The van der Waals surface area contributed by atoms with Gasteiger partial charge in [-0.05, 0) is 113 Å². The lowest BCUT2D eigenvalue weighted by atomic mass is 9.83. The number of carbonyl (C=O) groups excluding carboxylic acids is 4. The average Bonchev–Trinajstić information content (AvgIpc) is 4.09. The van der Waals surface area contributed by atoms with E-state index in [9.17, 15) is 19.2 Å². The summed E-state index contributed by atoms with van der Waals surface area (Å²) in [6, 6.07) is 23.4. The quantitative estimate of drug-likeness (QED) is 0.0885. The van der Waals surface area contributed by atoms with Gasteiger partial charge in [-0.1, -0.05) is 64.1 Å². The van der Waals surface area contributed by atoms with Crippen LogP contribution < -0.4 is 16.0 Å². The molecule has 0 radical (unpaired) electrons. The number of carbonyl (C=O) groups is 4. The number of nitrogens with zero attached hydrogens (tertiary/aromatic N) is 3. The summed E-state index contributed by atoms with van der Waals surface area (Å²) in [5.74, 6) is 0.717.